The van der Waals surface area contributed by atoms with Gasteiger partial charge in [0.1, 0.15) is 11.0 Å². The average molecular weight is 349 g/mol. The molecular formula is C18H19N7O. The number of benzene rings is 1. The molecule has 2 aliphatic rings. The maximum Gasteiger partial charge on any atom is 0.254 e. The summed E-state index contributed by atoms with van der Waals surface area (Å²) in [4.78, 5) is 16.7. The number of nitrogens with one attached hydrogen (secondary N) is 1. The maximum absolute atomic E-state index is 12.8. The third-order valence-corrected chi connectivity index (χ3v) is 5.42. The first-order valence-corrected chi connectivity index (χ1v) is 8.87. The molecule has 1 aliphatic carbocycles. The highest BCUT2D eigenvalue weighted by molar-refractivity contribution is 5.97. The molecule has 0 bridgehead atoms. The van der Waals surface area contributed by atoms with E-state index < -0.39 is 0 Å². The van der Waals surface area contributed by atoms with Crippen molar-refractivity contribution >= 4 is 22.8 Å². The zero-order chi connectivity index (χ0) is 17.7. The minimum absolute atomic E-state index is 0.000382. The molecule has 1 aromatic carbocycles. The van der Waals surface area contributed by atoms with E-state index in [1.54, 1.807) is 17.0 Å². The van der Waals surface area contributed by atoms with Crippen LogP contribution in [-0.2, 0) is 12.8 Å². The zero-order valence-corrected chi connectivity index (χ0v) is 14.5. The van der Waals surface area contributed by atoms with Crippen LogP contribution in [0.1, 0.15) is 28.0 Å². The van der Waals surface area contributed by atoms with E-state index in [9.17, 15) is 4.79 Å². The van der Waals surface area contributed by atoms with Crippen molar-refractivity contribution in [3.63, 3.8) is 0 Å². The van der Waals surface area contributed by atoms with E-state index in [-0.39, 0.29) is 11.9 Å². The molecule has 1 N–H and O–H groups in total. The zero-order valence-electron chi connectivity index (χ0n) is 14.5. The van der Waals surface area contributed by atoms with Crippen molar-refractivity contribution in [1.82, 2.24) is 30.5 Å². The van der Waals surface area contributed by atoms with Crippen LogP contribution >= 0.6 is 0 Å². The lowest BCUT2D eigenvalue weighted by atomic mass is 10.1. The predicted molar refractivity (Wildman–Crippen MR) is 96.0 cm³/mol. The fourth-order valence-corrected chi connectivity index (χ4v) is 3.70. The lowest BCUT2D eigenvalue weighted by molar-refractivity contribution is 0.0705. The van der Waals surface area contributed by atoms with Crippen LogP contribution in [0.3, 0.4) is 0 Å². The Hall–Kier alpha value is -3.03. The first-order chi connectivity index (χ1) is 12.7. The van der Waals surface area contributed by atoms with Crippen molar-refractivity contribution in [3.05, 3.63) is 41.1 Å². The normalized spacial score (nSPS) is 16.6. The van der Waals surface area contributed by atoms with Gasteiger partial charge in [0.05, 0.1) is 11.7 Å². The van der Waals surface area contributed by atoms with Gasteiger partial charge in [-0.1, -0.05) is 0 Å². The molecule has 0 atom stereocenters. The molecule has 0 spiro atoms. The summed E-state index contributed by atoms with van der Waals surface area (Å²) in [6, 6.07) is 7.72. The molecule has 0 radical (unpaired) electrons. The first kappa shape index (κ1) is 15.2. The first-order valence-electron chi connectivity index (χ1n) is 8.87. The van der Waals surface area contributed by atoms with Gasteiger partial charge in [-0.3, -0.25) is 4.79 Å². The Morgan fingerprint density at radius 2 is 2.00 bits per heavy atom. The molecule has 8 nitrogen and oxygen atoms in total. The molecule has 2 aromatic heterocycles. The van der Waals surface area contributed by atoms with Gasteiger partial charge in [-0.05, 0) is 49.1 Å². The van der Waals surface area contributed by atoms with Gasteiger partial charge in [-0.15, -0.1) is 5.10 Å². The summed E-state index contributed by atoms with van der Waals surface area (Å²) in [5.74, 6) is 0.923. The summed E-state index contributed by atoms with van der Waals surface area (Å²) in [7, 11) is 1.85. The molecule has 3 aromatic rings. The average Bonchev–Trinajstić information content (AvgIpc) is 3.27. The van der Waals surface area contributed by atoms with Crippen molar-refractivity contribution in [3.8, 4) is 0 Å². The Morgan fingerprint density at radius 1 is 1.15 bits per heavy atom. The van der Waals surface area contributed by atoms with E-state index >= 15 is 0 Å². The molecule has 1 fully saturated rings. The molecule has 8 heteroatoms. The number of carbonyl (C=O) groups excluding carboxylic acids is 1. The molecule has 5 rings (SSSR count). The summed E-state index contributed by atoms with van der Waals surface area (Å²) < 4.78 is 0. The fourth-order valence-electron chi connectivity index (χ4n) is 3.70. The van der Waals surface area contributed by atoms with Gasteiger partial charge in [-0.25, -0.2) is 0 Å². The summed E-state index contributed by atoms with van der Waals surface area (Å²) in [5, 5.41) is 19.3. The van der Waals surface area contributed by atoms with Crippen molar-refractivity contribution in [2.75, 3.05) is 25.0 Å². The Kier molecular flexibility index (Phi) is 3.37. The second kappa shape index (κ2) is 5.76. The third kappa shape index (κ3) is 2.40. The number of fused-ring (bicyclic) bond motifs is 2. The van der Waals surface area contributed by atoms with Crippen molar-refractivity contribution in [1.29, 1.82) is 0 Å². The van der Waals surface area contributed by atoms with E-state index in [1.807, 2.05) is 13.1 Å². The summed E-state index contributed by atoms with van der Waals surface area (Å²) in [6.45, 7) is 1.56. The van der Waals surface area contributed by atoms with Gasteiger partial charge < -0.3 is 9.80 Å². The Labute approximate surface area is 150 Å². The molecule has 26 heavy (non-hydrogen) atoms. The molecule has 1 aliphatic heterocycles. The van der Waals surface area contributed by atoms with Crippen LogP contribution in [0.4, 0.5) is 5.82 Å². The van der Waals surface area contributed by atoms with Crippen molar-refractivity contribution < 1.29 is 4.79 Å². The van der Waals surface area contributed by atoms with Gasteiger partial charge >= 0.3 is 0 Å². The minimum atomic E-state index is -0.000382. The Balaban J connectivity index is 1.27. The van der Waals surface area contributed by atoms with Crippen LogP contribution in [0.15, 0.2) is 24.3 Å². The van der Waals surface area contributed by atoms with Crippen LogP contribution < -0.4 is 4.90 Å². The van der Waals surface area contributed by atoms with Gasteiger partial charge in [0.2, 0.25) is 0 Å². The Bertz CT molecular complexity index is 992. The molecule has 0 unspecified atom stereocenters. The number of hydrogen-bond acceptors (Lipinski definition) is 6. The number of nitrogens with zero attached hydrogens (tertiary/aromatic N) is 6. The quantitative estimate of drug-likeness (QED) is 0.764. The number of aromatic nitrogens is 5. The van der Waals surface area contributed by atoms with Gasteiger partial charge in [0.25, 0.3) is 5.91 Å². The predicted octanol–water partition coefficient (Wildman–Crippen LogP) is 1.20. The summed E-state index contributed by atoms with van der Waals surface area (Å²) in [6.07, 6.45) is 3.31. The lowest BCUT2D eigenvalue weighted by Crippen LogP contribution is -2.60. The summed E-state index contributed by atoms with van der Waals surface area (Å²) >= 11 is 0. The Morgan fingerprint density at radius 3 is 2.88 bits per heavy atom. The van der Waals surface area contributed by atoms with Crippen LogP contribution in [0.2, 0.25) is 0 Å². The smallest absolute Gasteiger partial charge is 0.254 e. The highest BCUT2D eigenvalue weighted by Gasteiger charge is 2.34. The molecule has 0 saturated carbocycles. The van der Waals surface area contributed by atoms with Crippen molar-refractivity contribution in [2.45, 2.75) is 25.3 Å². The molecular weight excluding hydrogens is 330 g/mol. The van der Waals surface area contributed by atoms with Crippen LogP contribution in [-0.4, -0.2) is 62.6 Å². The van der Waals surface area contributed by atoms with E-state index in [4.69, 9.17) is 0 Å². The summed E-state index contributed by atoms with van der Waals surface area (Å²) in [5.41, 5.74) is 4.55. The van der Waals surface area contributed by atoms with Crippen LogP contribution in [0, 0.1) is 0 Å². The van der Waals surface area contributed by atoms with E-state index in [2.05, 4.69) is 36.6 Å². The molecule has 1 amide bonds. The number of likely N-dealkylation sites (N-methyl/N-ethyl adjacent to an activating group) is 1. The number of anilines is 1. The number of H-pyrrole nitrogens is 1. The van der Waals surface area contributed by atoms with E-state index in [0.29, 0.717) is 11.1 Å². The number of aryl methyl sites for hydroxylation is 2. The second-order valence-electron chi connectivity index (χ2n) is 7.03. The number of rotatable bonds is 3. The van der Waals surface area contributed by atoms with Gasteiger partial charge in [0, 0.05) is 25.7 Å². The maximum atomic E-state index is 12.8. The SMILES string of the molecule is CN(C(=O)c1ccc2n[nH]nc2c1)C1CN(c2cc3c(nn2)CCC3)C1. The minimum Gasteiger partial charge on any atom is -0.351 e. The molecule has 3 heterocycles. The fraction of sp³-hybridized carbons (Fsp3) is 0.389. The molecule has 132 valence electrons. The van der Waals surface area contributed by atoms with E-state index in [0.717, 1.165) is 43.0 Å². The largest absolute Gasteiger partial charge is 0.351 e. The standard InChI is InChI=1S/C18H19N7O/c1-24(18(26)12-5-6-15-16(7-12)21-23-20-15)13-9-25(10-13)17-8-11-3-2-4-14(11)19-22-17/h5-8,13H,2-4,9-10H2,1H3,(H,20,21,23). The van der Waals surface area contributed by atoms with Gasteiger partial charge in [0.15, 0.2) is 5.82 Å². The number of amides is 1. The number of hydrogen-bond donors (Lipinski definition) is 1. The van der Waals surface area contributed by atoms with Gasteiger partial charge in [-0.2, -0.15) is 20.5 Å². The molecule has 1 saturated heterocycles. The van der Waals surface area contributed by atoms with Crippen molar-refractivity contribution in [2.24, 2.45) is 0 Å². The van der Waals surface area contributed by atoms with Crippen LogP contribution in [0.5, 0.6) is 0 Å². The number of carbonyl (C=O) groups is 1. The van der Waals surface area contributed by atoms with E-state index in [1.165, 1.54) is 12.0 Å². The number of aromatic amines is 1. The lowest BCUT2D eigenvalue weighted by Gasteiger charge is -2.44. The third-order valence-electron chi connectivity index (χ3n) is 5.42. The monoisotopic (exact) mass is 349 g/mol. The van der Waals surface area contributed by atoms with Crippen LogP contribution in [0.25, 0.3) is 11.0 Å². The highest BCUT2D eigenvalue weighted by Crippen LogP contribution is 2.27. The highest BCUT2D eigenvalue weighted by atomic mass is 16.2. The topological polar surface area (TPSA) is 90.9 Å². The second-order valence-corrected chi connectivity index (χ2v) is 7.03.